The van der Waals surface area contributed by atoms with Gasteiger partial charge in [-0.25, -0.2) is 0 Å². The van der Waals surface area contributed by atoms with Crippen molar-refractivity contribution in [3.8, 4) is 0 Å². The number of unbranched alkanes of at least 4 members (excludes halogenated alkanes) is 1. The number of allylic oxidation sites excluding steroid dienone is 3. The molecule has 6 atom stereocenters. The van der Waals surface area contributed by atoms with E-state index in [4.69, 9.17) is 4.84 Å². The second-order valence-electron chi connectivity index (χ2n) is 10.3. The zero-order valence-corrected chi connectivity index (χ0v) is 18.3. The van der Waals surface area contributed by atoms with Gasteiger partial charge < -0.3 is 9.94 Å². The summed E-state index contributed by atoms with van der Waals surface area (Å²) in [6.07, 6.45) is 15.1. The lowest BCUT2D eigenvalue weighted by molar-refractivity contribution is -0.0280. The molecule has 28 heavy (non-hydrogen) atoms. The number of hydrogen-bond donors (Lipinski definition) is 1. The Labute approximate surface area is 171 Å². The van der Waals surface area contributed by atoms with Crippen LogP contribution < -0.4 is 0 Å². The number of aliphatic hydroxyl groups excluding tert-OH is 1. The van der Waals surface area contributed by atoms with E-state index in [2.05, 4.69) is 45.0 Å². The zero-order chi connectivity index (χ0) is 19.9. The van der Waals surface area contributed by atoms with Crippen molar-refractivity contribution in [1.82, 2.24) is 0 Å². The summed E-state index contributed by atoms with van der Waals surface area (Å²) >= 11 is 0. The second kappa shape index (κ2) is 7.63. The van der Waals surface area contributed by atoms with E-state index < -0.39 is 0 Å². The molecule has 2 fully saturated rings. The molecule has 2 saturated carbocycles. The number of hydrogen-bond acceptors (Lipinski definition) is 3. The molecular weight excluding hydrogens is 346 g/mol. The van der Waals surface area contributed by atoms with Crippen LogP contribution in [0.2, 0.25) is 0 Å². The predicted molar refractivity (Wildman–Crippen MR) is 115 cm³/mol. The van der Waals surface area contributed by atoms with Crippen LogP contribution in [0.15, 0.2) is 28.5 Å². The van der Waals surface area contributed by atoms with Gasteiger partial charge in [0.05, 0.1) is 11.8 Å². The Bertz CT molecular complexity index is 693. The van der Waals surface area contributed by atoms with Crippen LogP contribution in [0.4, 0.5) is 0 Å². The van der Waals surface area contributed by atoms with E-state index in [-0.39, 0.29) is 11.5 Å². The van der Waals surface area contributed by atoms with Crippen molar-refractivity contribution in [1.29, 1.82) is 0 Å². The van der Waals surface area contributed by atoms with Crippen LogP contribution in [-0.4, -0.2) is 23.5 Å². The fourth-order valence-electron chi connectivity index (χ4n) is 7.17. The van der Waals surface area contributed by atoms with E-state index >= 15 is 0 Å². The summed E-state index contributed by atoms with van der Waals surface area (Å²) in [5, 5.41) is 14.7. The lowest BCUT2D eigenvalue weighted by Gasteiger charge is -2.57. The van der Waals surface area contributed by atoms with Crippen LogP contribution in [0, 0.1) is 28.6 Å². The minimum absolute atomic E-state index is 0.115. The molecule has 0 spiro atoms. The van der Waals surface area contributed by atoms with Crippen LogP contribution >= 0.6 is 0 Å². The first kappa shape index (κ1) is 20.2. The SMILES string of the molecule is CCCCON=C(C)C1=CC[C@H]2[C@@H]3CC=C4CC(O)CC[C@]4(C)[C@H]3CC[C@]12C. The number of aliphatic hydroxyl groups is 1. The highest BCUT2D eigenvalue weighted by atomic mass is 16.6. The first-order valence-electron chi connectivity index (χ1n) is 11.6. The molecule has 0 saturated heterocycles. The van der Waals surface area contributed by atoms with Crippen molar-refractivity contribution < 1.29 is 9.94 Å². The van der Waals surface area contributed by atoms with Gasteiger partial charge in [-0.15, -0.1) is 0 Å². The smallest absolute Gasteiger partial charge is 0.117 e. The molecule has 3 nitrogen and oxygen atoms in total. The summed E-state index contributed by atoms with van der Waals surface area (Å²) in [5.74, 6) is 2.28. The van der Waals surface area contributed by atoms with Gasteiger partial charge in [0.15, 0.2) is 0 Å². The maximum atomic E-state index is 10.2. The predicted octanol–water partition coefficient (Wildman–Crippen LogP) is 6.04. The molecule has 4 rings (SSSR count). The van der Waals surface area contributed by atoms with Crippen LogP contribution in [0.5, 0.6) is 0 Å². The quantitative estimate of drug-likeness (QED) is 0.271. The third-order valence-electron chi connectivity index (χ3n) is 8.84. The average molecular weight is 386 g/mol. The van der Waals surface area contributed by atoms with Gasteiger partial charge in [0.1, 0.15) is 6.61 Å². The summed E-state index contributed by atoms with van der Waals surface area (Å²) in [6, 6.07) is 0. The summed E-state index contributed by atoms with van der Waals surface area (Å²) in [5.41, 5.74) is 4.67. The Kier molecular flexibility index (Phi) is 5.50. The molecule has 156 valence electrons. The van der Waals surface area contributed by atoms with E-state index in [1.54, 1.807) is 5.57 Å². The van der Waals surface area contributed by atoms with Gasteiger partial charge >= 0.3 is 0 Å². The highest BCUT2D eigenvalue weighted by Crippen LogP contribution is 2.65. The molecule has 0 radical (unpaired) electrons. The van der Waals surface area contributed by atoms with Crippen molar-refractivity contribution >= 4 is 5.71 Å². The molecule has 0 amide bonds. The molecule has 3 heteroatoms. The highest BCUT2D eigenvalue weighted by Gasteiger charge is 2.56. The topological polar surface area (TPSA) is 41.8 Å². The molecular formula is C25H39NO2. The molecule has 0 heterocycles. The first-order chi connectivity index (χ1) is 13.4. The fourth-order valence-corrected chi connectivity index (χ4v) is 7.17. The molecule has 4 aliphatic carbocycles. The van der Waals surface area contributed by atoms with Crippen molar-refractivity contribution in [2.45, 2.75) is 91.6 Å². The third-order valence-corrected chi connectivity index (χ3v) is 8.84. The summed E-state index contributed by atoms with van der Waals surface area (Å²) < 4.78 is 0. The fraction of sp³-hybridized carbons (Fsp3) is 0.800. The number of rotatable bonds is 5. The average Bonchev–Trinajstić information content (AvgIpc) is 3.03. The van der Waals surface area contributed by atoms with Crippen molar-refractivity contribution in [3.63, 3.8) is 0 Å². The van der Waals surface area contributed by atoms with Crippen molar-refractivity contribution in [3.05, 3.63) is 23.3 Å². The summed E-state index contributed by atoms with van der Waals surface area (Å²) in [4.78, 5) is 5.59. The molecule has 4 aliphatic rings. The number of oxime groups is 1. The van der Waals surface area contributed by atoms with E-state index in [9.17, 15) is 5.11 Å². The molecule has 1 N–H and O–H groups in total. The molecule has 0 aromatic carbocycles. The van der Waals surface area contributed by atoms with Gasteiger partial charge in [-0.3, -0.25) is 0 Å². The van der Waals surface area contributed by atoms with Gasteiger partial charge in [0, 0.05) is 0 Å². The molecule has 0 bridgehead atoms. The zero-order valence-electron chi connectivity index (χ0n) is 18.3. The molecule has 1 unspecified atom stereocenters. The maximum absolute atomic E-state index is 10.2. The Morgan fingerprint density at radius 1 is 1.14 bits per heavy atom. The number of fused-ring (bicyclic) bond motifs is 5. The monoisotopic (exact) mass is 385 g/mol. The first-order valence-corrected chi connectivity index (χ1v) is 11.6. The highest BCUT2D eigenvalue weighted by molar-refractivity contribution is 5.99. The Hall–Kier alpha value is -1.09. The van der Waals surface area contributed by atoms with E-state index in [1.807, 2.05) is 0 Å². The van der Waals surface area contributed by atoms with Gasteiger partial charge in [-0.05, 0) is 92.4 Å². The Morgan fingerprint density at radius 2 is 1.93 bits per heavy atom. The molecule has 0 aliphatic heterocycles. The normalized spacial score (nSPS) is 42.8. The van der Waals surface area contributed by atoms with Crippen molar-refractivity contribution in [2.24, 2.45) is 33.7 Å². The van der Waals surface area contributed by atoms with E-state index in [0.29, 0.717) is 5.41 Å². The Balaban J connectivity index is 1.53. The van der Waals surface area contributed by atoms with Gasteiger partial charge in [-0.2, -0.15) is 0 Å². The third kappa shape index (κ3) is 3.18. The van der Waals surface area contributed by atoms with Gasteiger partial charge in [0.25, 0.3) is 0 Å². The van der Waals surface area contributed by atoms with Crippen molar-refractivity contribution in [2.75, 3.05) is 6.61 Å². The van der Waals surface area contributed by atoms with Crippen LogP contribution in [0.25, 0.3) is 0 Å². The standard InChI is InChI=1S/C25H39NO2/c1-5-6-15-28-26-17(2)21-9-10-22-20-8-7-18-16-19(27)11-13-24(18,3)23(20)12-14-25(21,22)4/h7,9,19-20,22-23,27H,5-6,8,10-16H2,1-4H3/t19?,20-,22-,23-,24-,25+/m0/s1. The van der Waals surface area contributed by atoms with E-state index in [1.165, 1.54) is 31.3 Å². The van der Waals surface area contributed by atoms with Gasteiger partial charge in [-0.1, -0.05) is 50.1 Å². The molecule has 0 aromatic rings. The lowest BCUT2D eigenvalue weighted by Crippen LogP contribution is -2.50. The maximum Gasteiger partial charge on any atom is 0.117 e. The second-order valence-corrected chi connectivity index (χ2v) is 10.3. The largest absolute Gasteiger partial charge is 0.396 e. The summed E-state index contributed by atoms with van der Waals surface area (Å²) in [7, 11) is 0. The van der Waals surface area contributed by atoms with Crippen LogP contribution in [0.3, 0.4) is 0 Å². The Morgan fingerprint density at radius 3 is 2.71 bits per heavy atom. The lowest BCUT2D eigenvalue weighted by atomic mass is 9.47. The van der Waals surface area contributed by atoms with Gasteiger partial charge in [0.2, 0.25) is 0 Å². The summed E-state index contributed by atoms with van der Waals surface area (Å²) in [6.45, 7) is 10.0. The van der Waals surface area contributed by atoms with Crippen LogP contribution in [-0.2, 0) is 4.84 Å². The molecule has 0 aromatic heterocycles. The number of nitrogens with zero attached hydrogens (tertiary/aromatic N) is 1. The van der Waals surface area contributed by atoms with Crippen LogP contribution in [0.1, 0.15) is 85.5 Å². The van der Waals surface area contributed by atoms with E-state index in [0.717, 1.165) is 62.2 Å². The minimum atomic E-state index is -0.115. The minimum Gasteiger partial charge on any atom is -0.396 e.